The summed E-state index contributed by atoms with van der Waals surface area (Å²) in [5, 5.41) is 13.6. The second kappa shape index (κ2) is 8.30. The minimum Gasteiger partial charge on any atom is -0.478 e. The van der Waals surface area contributed by atoms with E-state index in [2.05, 4.69) is 25.9 Å². The molecule has 0 radical (unpaired) electrons. The quantitative estimate of drug-likeness (QED) is 0.623. The minimum atomic E-state index is -1.34. The molecular formula is C25H31N3O4. The van der Waals surface area contributed by atoms with Crippen LogP contribution < -0.4 is 10.4 Å². The Balaban J connectivity index is 1.85. The molecule has 2 aromatic carbocycles. The standard InChI is InChI=1S/C25H31N3O4/c1-16-12-18(13-17(2)21(16)32-25(6,7)22(29)30)14-27-15-26-28(23(27)31)20-10-8-19(9-11-20)24(3,4)5/h8-13,15H,14H2,1-7H3,(H,29,30). The molecule has 3 rings (SSSR count). The molecule has 32 heavy (non-hydrogen) atoms. The molecule has 0 amide bonds. The van der Waals surface area contributed by atoms with Crippen LogP contribution in [0.3, 0.4) is 0 Å². The van der Waals surface area contributed by atoms with Gasteiger partial charge >= 0.3 is 11.7 Å². The molecule has 0 unspecified atom stereocenters. The molecule has 1 aromatic heterocycles. The summed E-state index contributed by atoms with van der Waals surface area (Å²) in [4.78, 5) is 24.3. The van der Waals surface area contributed by atoms with Gasteiger partial charge in [-0.05, 0) is 67.5 Å². The Morgan fingerprint density at radius 2 is 1.59 bits per heavy atom. The number of rotatable bonds is 6. The number of benzene rings is 2. The Labute approximate surface area is 188 Å². The molecule has 1 heterocycles. The lowest BCUT2D eigenvalue weighted by molar-refractivity contribution is -0.152. The van der Waals surface area contributed by atoms with Crippen LogP contribution in [-0.4, -0.2) is 31.0 Å². The summed E-state index contributed by atoms with van der Waals surface area (Å²) in [6, 6.07) is 11.7. The number of hydrogen-bond donors (Lipinski definition) is 1. The highest BCUT2D eigenvalue weighted by atomic mass is 16.5. The minimum absolute atomic E-state index is 0.0358. The third-order valence-electron chi connectivity index (χ3n) is 5.46. The van der Waals surface area contributed by atoms with E-state index in [-0.39, 0.29) is 11.1 Å². The fraction of sp³-hybridized carbons (Fsp3) is 0.400. The normalized spacial score (nSPS) is 12.1. The highest BCUT2D eigenvalue weighted by molar-refractivity contribution is 5.77. The van der Waals surface area contributed by atoms with Crippen LogP contribution in [0.1, 0.15) is 56.9 Å². The molecule has 0 atom stereocenters. The van der Waals surface area contributed by atoms with Crippen molar-refractivity contribution in [1.29, 1.82) is 0 Å². The average molecular weight is 438 g/mol. The van der Waals surface area contributed by atoms with E-state index in [1.165, 1.54) is 30.4 Å². The first-order valence-corrected chi connectivity index (χ1v) is 10.6. The van der Waals surface area contributed by atoms with Crippen molar-refractivity contribution in [3.05, 3.63) is 75.5 Å². The van der Waals surface area contributed by atoms with Gasteiger partial charge in [-0.15, -0.1) is 0 Å². The number of carboxylic acid groups (broad SMARTS) is 1. The summed E-state index contributed by atoms with van der Waals surface area (Å²) in [5.74, 6) is -0.488. The van der Waals surface area contributed by atoms with Crippen molar-refractivity contribution in [3.8, 4) is 11.4 Å². The fourth-order valence-electron chi connectivity index (χ4n) is 3.51. The molecule has 0 spiro atoms. The Kier molecular flexibility index (Phi) is 6.05. The SMILES string of the molecule is Cc1cc(Cn2cnn(-c3ccc(C(C)(C)C)cc3)c2=O)cc(C)c1OC(C)(C)C(=O)O. The van der Waals surface area contributed by atoms with Crippen molar-refractivity contribution in [2.45, 2.75) is 66.0 Å². The molecule has 7 heteroatoms. The maximum absolute atomic E-state index is 12.9. The lowest BCUT2D eigenvalue weighted by Gasteiger charge is -2.24. The summed E-state index contributed by atoms with van der Waals surface area (Å²) in [5.41, 5.74) is 2.91. The molecule has 0 bridgehead atoms. The van der Waals surface area contributed by atoms with Crippen LogP contribution in [0.15, 0.2) is 47.5 Å². The van der Waals surface area contributed by atoms with Crippen LogP contribution in [0, 0.1) is 13.8 Å². The van der Waals surface area contributed by atoms with Gasteiger partial charge in [0.05, 0.1) is 12.2 Å². The van der Waals surface area contributed by atoms with Gasteiger partial charge in [-0.3, -0.25) is 4.57 Å². The smallest absolute Gasteiger partial charge is 0.350 e. The first kappa shape index (κ1) is 23.3. The van der Waals surface area contributed by atoms with Crippen LogP contribution in [0.2, 0.25) is 0 Å². The van der Waals surface area contributed by atoms with Crippen molar-refractivity contribution in [2.24, 2.45) is 0 Å². The van der Waals surface area contributed by atoms with Gasteiger partial charge in [0.1, 0.15) is 12.1 Å². The van der Waals surface area contributed by atoms with E-state index in [0.29, 0.717) is 18.0 Å². The van der Waals surface area contributed by atoms with Gasteiger partial charge in [0.25, 0.3) is 0 Å². The zero-order valence-electron chi connectivity index (χ0n) is 19.8. The van der Waals surface area contributed by atoms with Crippen LogP contribution in [0.5, 0.6) is 5.75 Å². The Bertz CT molecular complexity index is 1170. The zero-order chi connectivity index (χ0) is 23.8. The van der Waals surface area contributed by atoms with Gasteiger partial charge < -0.3 is 9.84 Å². The van der Waals surface area contributed by atoms with Gasteiger partial charge in [0.15, 0.2) is 5.60 Å². The van der Waals surface area contributed by atoms with E-state index in [9.17, 15) is 14.7 Å². The third-order valence-corrected chi connectivity index (χ3v) is 5.46. The molecule has 1 N–H and O–H groups in total. The number of aromatic nitrogens is 3. The highest BCUT2D eigenvalue weighted by Crippen LogP contribution is 2.29. The molecule has 0 fully saturated rings. The van der Waals surface area contributed by atoms with Gasteiger partial charge in [0.2, 0.25) is 0 Å². The Morgan fingerprint density at radius 3 is 2.09 bits per heavy atom. The monoisotopic (exact) mass is 437 g/mol. The van der Waals surface area contributed by atoms with Crippen molar-refractivity contribution < 1.29 is 14.6 Å². The maximum atomic E-state index is 12.9. The molecule has 170 valence electrons. The largest absolute Gasteiger partial charge is 0.478 e. The maximum Gasteiger partial charge on any atom is 0.350 e. The van der Waals surface area contributed by atoms with E-state index < -0.39 is 11.6 Å². The third kappa shape index (κ3) is 4.77. The van der Waals surface area contributed by atoms with Crippen LogP contribution in [-0.2, 0) is 16.8 Å². The molecule has 0 aliphatic heterocycles. The highest BCUT2D eigenvalue weighted by Gasteiger charge is 2.30. The van der Waals surface area contributed by atoms with Gasteiger partial charge in [-0.1, -0.05) is 45.0 Å². The van der Waals surface area contributed by atoms with E-state index in [4.69, 9.17) is 4.74 Å². The Hall–Kier alpha value is -3.35. The molecular weight excluding hydrogens is 406 g/mol. The van der Waals surface area contributed by atoms with Crippen molar-refractivity contribution in [2.75, 3.05) is 0 Å². The number of carbonyl (C=O) groups is 1. The fourth-order valence-corrected chi connectivity index (χ4v) is 3.51. The van der Waals surface area contributed by atoms with E-state index in [0.717, 1.165) is 16.7 Å². The molecule has 0 saturated heterocycles. The predicted molar refractivity (Wildman–Crippen MR) is 124 cm³/mol. The van der Waals surface area contributed by atoms with E-state index >= 15 is 0 Å². The average Bonchev–Trinajstić information content (AvgIpc) is 3.04. The summed E-state index contributed by atoms with van der Waals surface area (Å²) < 4.78 is 8.70. The topological polar surface area (TPSA) is 86.4 Å². The van der Waals surface area contributed by atoms with Crippen molar-refractivity contribution in [3.63, 3.8) is 0 Å². The van der Waals surface area contributed by atoms with Gasteiger partial charge in [0, 0.05) is 0 Å². The van der Waals surface area contributed by atoms with Crippen LogP contribution in [0.25, 0.3) is 5.69 Å². The number of nitrogens with zero attached hydrogens (tertiary/aromatic N) is 3. The molecule has 3 aromatic rings. The number of carboxylic acids is 1. The van der Waals surface area contributed by atoms with E-state index in [1.807, 2.05) is 50.2 Å². The predicted octanol–water partition coefficient (Wildman–Crippen LogP) is 4.24. The lowest BCUT2D eigenvalue weighted by atomic mass is 9.87. The molecule has 0 aliphatic carbocycles. The summed E-state index contributed by atoms with van der Waals surface area (Å²) in [7, 11) is 0. The van der Waals surface area contributed by atoms with Gasteiger partial charge in [-0.25, -0.2) is 9.59 Å². The molecule has 0 saturated carbocycles. The van der Waals surface area contributed by atoms with Crippen LogP contribution in [0.4, 0.5) is 0 Å². The van der Waals surface area contributed by atoms with Crippen molar-refractivity contribution >= 4 is 5.97 Å². The molecule has 0 aliphatic rings. The number of ether oxygens (including phenoxy) is 1. The number of hydrogen-bond acceptors (Lipinski definition) is 4. The zero-order valence-corrected chi connectivity index (χ0v) is 19.8. The number of aryl methyl sites for hydroxylation is 2. The lowest BCUT2D eigenvalue weighted by Crippen LogP contribution is -2.38. The summed E-state index contributed by atoms with van der Waals surface area (Å²) >= 11 is 0. The molecule has 7 nitrogen and oxygen atoms in total. The first-order valence-electron chi connectivity index (χ1n) is 10.6. The Morgan fingerprint density at radius 1 is 1.03 bits per heavy atom. The summed E-state index contributed by atoms with van der Waals surface area (Å²) in [6.45, 7) is 13.6. The van der Waals surface area contributed by atoms with Gasteiger partial charge in [-0.2, -0.15) is 9.78 Å². The van der Waals surface area contributed by atoms with Crippen molar-refractivity contribution in [1.82, 2.24) is 14.3 Å². The first-order chi connectivity index (χ1) is 14.8. The second-order valence-electron chi connectivity index (χ2n) is 9.73. The van der Waals surface area contributed by atoms with Crippen LogP contribution >= 0.6 is 0 Å². The second-order valence-corrected chi connectivity index (χ2v) is 9.73. The number of aliphatic carboxylic acids is 1. The van der Waals surface area contributed by atoms with E-state index in [1.54, 1.807) is 4.57 Å². The summed E-state index contributed by atoms with van der Waals surface area (Å²) in [6.07, 6.45) is 1.53.